The van der Waals surface area contributed by atoms with Crippen molar-refractivity contribution in [1.82, 2.24) is 5.32 Å². The van der Waals surface area contributed by atoms with Gasteiger partial charge < -0.3 is 4.74 Å². The molecule has 0 fully saturated rings. The molecule has 98 valence electrons. The first-order chi connectivity index (χ1) is 8.49. The van der Waals surface area contributed by atoms with Crippen LogP contribution in [-0.2, 0) is 6.42 Å². The molecule has 0 aromatic heterocycles. The second-order valence-corrected chi connectivity index (χ2v) is 5.03. The van der Waals surface area contributed by atoms with Gasteiger partial charge in [-0.1, -0.05) is 19.1 Å². The number of nitrogens with one attached hydrogen (secondary N) is 1. The van der Waals surface area contributed by atoms with Gasteiger partial charge in [-0.05, 0) is 44.9 Å². The van der Waals surface area contributed by atoms with Crippen LogP contribution in [-0.4, -0.2) is 18.2 Å². The van der Waals surface area contributed by atoms with Crippen LogP contribution in [0.5, 0.6) is 5.75 Å². The van der Waals surface area contributed by atoms with Crippen molar-refractivity contribution in [2.75, 3.05) is 6.61 Å². The second kappa shape index (κ2) is 6.42. The molecule has 1 atom stereocenters. The fraction of sp³-hybridized carbons (Fsp3) is 0.533. The zero-order valence-corrected chi connectivity index (χ0v) is 11.7. The number of rotatable bonds is 6. The minimum Gasteiger partial charge on any atom is -0.491 e. The number of nitriles is 1. The maximum Gasteiger partial charge on any atom is 0.138 e. The molecule has 1 aromatic carbocycles. The number of ether oxygens (including phenoxy) is 1. The molecular weight excluding hydrogens is 224 g/mol. The fourth-order valence-corrected chi connectivity index (χ4v) is 1.83. The Balaban J connectivity index is 2.65. The van der Waals surface area contributed by atoms with E-state index < -0.39 is 5.54 Å². The molecule has 0 aliphatic rings. The fourth-order valence-electron chi connectivity index (χ4n) is 1.83. The zero-order chi connectivity index (χ0) is 13.6. The third-order valence-corrected chi connectivity index (χ3v) is 2.69. The van der Waals surface area contributed by atoms with Gasteiger partial charge in [0.25, 0.3) is 0 Å². The van der Waals surface area contributed by atoms with Crippen LogP contribution in [0.3, 0.4) is 0 Å². The van der Waals surface area contributed by atoms with E-state index in [1.54, 1.807) is 0 Å². The van der Waals surface area contributed by atoms with E-state index in [4.69, 9.17) is 4.74 Å². The van der Waals surface area contributed by atoms with Crippen molar-refractivity contribution in [3.05, 3.63) is 29.8 Å². The first-order valence-corrected chi connectivity index (χ1v) is 6.40. The average Bonchev–Trinajstić information content (AvgIpc) is 2.36. The van der Waals surface area contributed by atoms with Crippen molar-refractivity contribution in [3.8, 4) is 11.8 Å². The van der Waals surface area contributed by atoms with E-state index in [0.717, 1.165) is 12.2 Å². The molecule has 0 spiro atoms. The molecule has 0 saturated heterocycles. The molecular formula is C15H22N2O. The summed E-state index contributed by atoms with van der Waals surface area (Å²) in [6.45, 7) is 8.35. The highest BCUT2D eigenvalue weighted by Crippen LogP contribution is 2.16. The molecule has 0 amide bonds. The summed E-state index contributed by atoms with van der Waals surface area (Å²) < 4.78 is 5.72. The first kappa shape index (κ1) is 14.5. The molecule has 0 saturated carbocycles. The molecule has 0 aliphatic heterocycles. The summed E-state index contributed by atoms with van der Waals surface area (Å²) in [7, 11) is 0. The highest BCUT2D eigenvalue weighted by atomic mass is 16.5. The van der Waals surface area contributed by atoms with E-state index in [-0.39, 0.29) is 6.04 Å². The number of hydrogen-bond donors (Lipinski definition) is 1. The Bertz CT molecular complexity index is 423. The van der Waals surface area contributed by atoms with Crippen LogP contribution in [0.4, 0.5) is 0 Å². The van der Waals surface area contributed by atoms with Crippen molar-refractivity contribution >= 4 is 0 Å². The third-order valence-electron chi connectivity index (χ3n) is 2.69. The SMILES string of the molecule is CCc1cccc(OCC(C)(C#N)NC(C)C)c1. The Morgan fingerprint density at radius 1 is 1.44 bits per heavy atom. The average molecular weight is 246 g/mol. The number of nitrogens with zero attached hydrogens (tertiary/aromatic N) is 1. The molecule has 18 heavy (non-hydrogen) atoms. The van der Waals surface area contributed by atoms with Gasteiger partial charge in [-0.2, -0.15) is 5.26 Å². The zero-order valence-electron chi connectivity index (χ0n) is 11.7. The van der Waals surface area contributed by atoms with E-state index in [1.165, 1.54) is 5.56 Å². The van der Waals surface area contributed by atoms with Crippen LogP contribution in [0.15, 0.2) is 24.3 Å². The van der Waals surface area contributed by atoms with Crippen molar-refractivity contribution < 1.29 is 4.74 Å². The van der Waals surface area contributed by atoms with E-state index in [1.807, 2.05) is 39.0 Å². The number of hydrogen-bond acceptors (Lipinski definition) is 3. The Morgan fingerprint density at radius 3 is 2.72 bits per heavy atom. The van der Waals surface area contributed by atoms with Crippen molar-refractivity contribution in [1.29, 1.82) is 5.26 Å². The lowest BCUT2D eigenvalue weighted by Gasteiger charge is -2.25. The van der Waals surface area contributed by atoms with Gasteiger partial charge in [0.1, 0.15) is 17.9 Å². The smallest absolute Gasteiger partial charge is 0.138 e. The molecule has 0 bridgehead atoms. The second-order valence-electron chi connectivity index (χ2n) is 5.03. The van der Waals surface area contributed by atoms with E-state index >= 15 is 0 Å². The van der Waals surface area contributed by atoms with Crippen molar-refractivity contribution in [3.63, 3.8) is 0 Å². The Labute approximate surface area is 110 Å². The van der Waals surface area contributed by atoms with Gasteiger partial charge in [0.15, 0.2) is 0 Å². The molecule has 1 rings (SSSR count). The molecule has 1 N–H and O–H groups in total. The van der Waals surface area contributed by atoms with Crippen LogP contribution >= 0.6 is 0 Å². The quantitative estimate of drug-likeness (QED) is 0.839. The van der Waals surface area contributed by atoms with Gasteiger partial charge in [0, 0.05) is 6.04 Å². The van der Waals surface area contributed by atoms with Crippen LogP contribution in [0.25, 0.3) is 0 Å². The summed E-state index contributed by atoms with van der Waals surface area (Å²) in [5.74, 6) is 0.821. The van der Waals surface area contributed by atoms with Crippen molar-refractivity contribution in [2.45, 2.75) is 45.7 Å². The predicted molar refractivity (Wildman–Crippen MR) is 73.6 cm³/mol. The molecule has 3 nitrogen and oxygen atoms in total. The summed E-state index contributed by atoms with van der Waals surface area (Å²) in [6, 6.07) is 10.5. The minimum absolute atomic E-state index is 0.250. The monoisotopic (exact) mass is 246 g/mol. The van der Waals surface area contributed by atoms with Crippen molar-refractivity contribution in [2.24, 2.45) is 0 Å². The van der Waals surface area contributed by atoms with Crippen LogP contribution < -0.4 is 10.1 Å². The molecule has 3 heteroatoms. The molecule has 0 aliphatic carbocycles. The van der Waals surface area contributed by atoms with Gasteiger partial charge in [0.05, 0.1) is 6.07 Å². The third kappa shape index (κ3) is 4.38. The first-order valence-electron chi connectivity index (χ1n) is 6.40. The van der Waals surface area contributed by atoms with Gasteiger partial charge in [-0.15, -0.1) is 0 Å². The van der Waals surface area contributed by atoms with Gasteiger partial charge in [-0.25, -0.2) is 0 Å². The summed E-state index contributed by atoms with van der Waals surface area (Å²) in [5.41, 5.74) is 0.583. The number of benzene rings is 1. The lowest BCUT2D eigenvalue weighted by Crippen LogP contribution is -2.49. The summed E-state index contributed by atoms with van der Waals surface area (Å²) in [6.07, 6.45) is 0.983. The van der Waals surface area contributed by atoms with E-state index in [2.05, 4.69) is 24.4 Å². The Hall–Kier alpha value is -1.53. The Morgan fingerprint density at radius 2 is 2.17 bits per heavy atom. The highest BCUT2D eigenvalue weighted by molar-refractivity contribution is 5.28. The Kier molecular flexibility index (Phi) is 5.18. The molecule has 0 radical (unpaired) electrons. The maximum atomic E-state index is 9.22. The standard InChI is InChI=1S/C15H22N2O/c1-5-13-7-6-8-14(9-13)18-11-15(4,10-16)17-12(2)3/h6-9,12,17H,5,11H2,1-4H3. The molecule has 0 heterocycles. The van der Waals surface area contributed by atoms with Gasteiger partial charge in [0.2, 0.25) is 0 Å². The van der Waals surface area contributed by atoms with E-state index in [9.17, 15) is 5.26 Å². The van der Waals surface area contributed by atoms with Gasteiger partial charge in [-0.3, -0.25) is 5.32 Å². The van der Waals surface area contributed by atoms with Crippen LogP contribution in [0, 0.1) is 11.3 Å². The summed E-state index contributed by atoms with van der Waals surface area (Å²) >= 11 is 0. The largest absolute Gasteiger partial charge is 0.491 e. The highest BCUT2D eigenvalue weighted by Gasteiger charge is 2.25. The maximum absolute atomic E-state index is 9.22. The number of aryl methyl sites for hydroxylation is 1. The van der Waals surface area contributed by atoms with Crippen LogP contribution in [0.2, 0.25) is 0 Å². The topological polar surface area (TPSA) is 45.0 Å². The lowest BCUT2D eigenvalue weighted by atomic mass is 10.1. The normalized spacial score (nSPS) is 14.0. The lowest BCUT2D eigenvalue weighted by molar-refractivity contribution is 0.225. The predicted octanol–water partition coefficient (Wildman–Crippen LogP) is 2.91. The molecule has 1 unspecified atom stereocenters. The minimum atomic E-state index is -0.656. The molecule has 1 aromatic rings. The summed E-state index contributed by atoms with van der Waals surface area (Å²) in [5, 5.41) is 12.4. The van der Waals surface area contributed by atoms with E-state index in [0.29, 0.717) is 6.61 Å². The van der Waals surface area contributed by atoms with Crippen LogP contribution in [0.1, 0.15) is 33.3 Å². The summed E-state index contributed by atoms with van der Waals surface area (Å²) in [4.78, 5) is 0. The van der Waals surface area contributed by atoms with Gasteiger partial charge >= 0.3 is 0 Å².